The van der Waals surface area contributed by atoms with Crippen LogP contribution in [0.2, 0.25) is 0 Å². The molecule has 3 N–H and O–H groups in total. The molecule has 2 rings (SSSR count). The molecule has 0 fully saturated rings. The molecule has 0 saturated heterocycles. The average molecular weight is 322 g/mol. The van der Waals surface area contributed by atoms with E-state index < -0.39 is 0 Å². The number of benzene rings is 1. The van der Waals surface area contributed by atoms with Gasteiger partial charge in [0.1, 0.15) is 11.6 Å². The molecule has 98 valence electrons. The standard InChI is InChI=1S/C13H12BrN3O2/c1-19-9-3-4-11(14)10(6-9)13(18)17-8-2-5-12(15)16-7-8/h2-7H,1H3,(H2,15,16)(H,17,18). The average Bonchev–Trinajstić information content (AvgIpc) is 2.42. The van der Waals surface area contributed by atoms with Crippen molar-refractivity contribution in [2.45, 2.75) is 0 Å². The Kier molecular flexibility index (Phi) is 4.01. The van der Waals surface area contributed by atoms with Crippen molar-refractivity contribution >= 4 is 33.3 Å². The first-order valence-corrected chi connectivity index (χ1v) is 6.26. The maximum atomic E-state index is 12.1. The number of carbonyl (C=O) groups is 1. The molecule has 0 aliphatic heterocycles. The van der Waals surface area contributed by atoms with E-state index in [2.05, 4.69) is 26.2 Å². The fraction of sp³-hybridized carbons (Fsp3) is 0.0769. The van der Waals surface area contributed by atoms with Crippen LogP contribution in [0, 0.1) is 0 Å². The van der Waals surface area contributed by atoms with E-state index in [4.69, 9.17) is 10.5 Å². The summed E-state index contributed by atoms with van der Waals surface area (Å²) in [6.45, 7) is 0. The lowest BCUT2D eigenvalue weighted by molar-refractivity contribution is 0.102. The number of amides is 1. The van der Waals surface area contributed by atoms with E-state index in [1.807, 2.05) is 0 Å². The summed E-state index contributed by atoms with van der Waals surface area (Å²) in [6, 6.07) is 8.50. The third-order valence-electron chi connectivity index (χ3n) is 2.46. The second kappa shape index (κ2) is 5.71. The third kappa shape index (κ3) is 3.23. The van der Waals surface area contributed by atoms with Crippen molar-refractivity contribution in [3.8, 4) is 5.75 Å². The molecule has 19 heavy (non-hydrogen) atoms. The quantitative estimate of drug-likeness (QED) is 0.911. The molecule has 0 aliphatic rings. The van der Waals surface area contributed by atoms with Crippen molar-refractivity contribution in [3.05, 3.63) is 46.6 Å². The van der Waals surface area contributed by atoms with Crippen molar-refractivity contribution in [3.63, 3.8) is 0 Å². The van der Waals surface area contributed by atoms with Gasteiger partial charge in [-0.2, -0.15) is 0 Å². The fourth-order valence-corrected chi connectivity index (χ4v) is 1.91. The van der Waals surface area contributed by atoms with Crippen LogP contribution in [-0.2, 0) is 0 Å². The highest BCUT2D eigenvalue weighted by atomic mass is 79.9. The third-order valence-corrected chi connectivity index (χ3v) is 3.15. The monoisotopic (exact) mass is 321 g/mol. The smallest absolute Gasteiger partial charge is 0.256 e. The molecule has 2 aromatic rings. The molecule has 1 heterocycles. The van der Waals surface area contributed by atoms with Crippen LogP contribution in [0.15, 0.2) is 41.0 Å². The van der Waals surface area contributed by atoms with Gasteiger partial charge in [-0.05, 0) is 46.3 Å². The lowest BCUT2D eigenvalue weighted by Crippen LogP contribution is -2.13. The Balaban J connectivity index is 2.22. The molecular weight excluding hydrogens is 310 g/mol. The first-order chi connectivity index (χ1) is 9.10. The molecule has 0 aliphatic carbocycles. The largest absolute Gasteiger partial charge is 0.497 e. The number of ether oxygens (including phenoxy) is 1. The number of nitrogens with two attached hydrogens (primary N) is 1. The van der Waals surface area contributed by atoms with Gasteiger partial charge in [-0.3, -0.25) is 4.79 Å². The van der Waals surface area contributed by atoms with Gasteiger partial charge in [0.15, 0.2) is 0 Å². The van der Waals surface area contributed by atoms with Gasteiger partial charge < -0.3 is 15.8 Å². The van der Waals surface area contributed by atoms with Crippen LogP contribution in [-0.4, -0.2) is 18.0 Å². The number of halogens is 1. The van der Waals surface area contributed by atoms with Gasteiger partial charge in [0.25, 0.3) is 5.91 Å². The number of nitrogens with zero attached hydrogens (tertiary/aromatic N) is 1. The molecular formula is C13H12BrN3O2. The molecule has 1 amide bonds. The first-order valence-electron chi connectivity index (χ1n) is 5.46. The number of nitrogen functional groups attached to an aromatic ring is 1. The minimum Gasteiger partial charge on any atom is -0.497 e. The highest BCUT2D eigenvalue weighted by Crippen LogP contribution is 2.23. The maximum absolute atomic E-state index is 12.1. The van der Waals surface area contributed by atoms with Gasteiger partial charge in [-0.15, -0.1) is 0 Å². The van der Waals surface area contributed by atoms with E-state index in [0.29, 0.717) is 27.3 Å². The summed E-state index contributed by atoms with van der Waals surface area (Å²) in [4.78, 5) is 16.0. The van der Waals surface area contributed by atoms with E-state index in [1.165, 1.54) is 6.20 Å². The predicted molar refractivity (Wildman–Crippen MR) is 77.3 cm³/mol. The molecule has 0 radical (unpaired) electrons. The predicted octanol–water partition coefficient (Wildman–Crippen LogP) is 2.69. The van der Waals surface area contributed by atoms with Crippen LogP contribution in [0.5, 0.6) is 5.75 Å². The summed E-state index contributed by atoms with van der Waals surface area (Å²) >= 11 is 3.33. The van der Waals surface area contributed by atoms with Crippen LogP contribution in [0.25, 0.3) is 0 Å². The molecule has 5 nitrogen and oxygen atoms in total. The summed E-state index contributed by atoms with van der Waals surface area (Å²) in [7, 11) is 1.55. The van der Waals surface area contributed by atoms with Crippen molar-refractivity contribution in [2.24, 2.45) is 0 Å². The van der Waals surface area contributed by atoms with Crippen LogP contribution in [0.3, 0.4) is 0 Å². The number of pyridine rings is 1. The number of aromatic nitrogens is 1. The Bertz CT molecular complexity index is 599. The minimum atomic E-state index is -0.252. The first kappa shape index (κ1) is 13.4. The number of anilines is 2. The molecule has 0 unspecified atom stereocenters. The molecule has 1 aromatic heterocycles. The number of carbonyl (C=O) groups excluding carboxylic acids is 1. The molecule has 0 saturated carbocycles. The van der Waals surface area contributed by atoms with Gasteiger partial charge in [0.2, 0.25) is 0 Å². The zero-order chi connectivity index (χ0) is 13.8. The van der Waals surface area contributed by atoms with Crippen molar-refractivity contribution in [1.29, 1.82) is 0 Å². The number of nitrogens with one attached hydrogen (secondary N) is 1. The molecule has 6 heteroatoms. The van der Waals surface area contributed by atoms with Gasteiger partial charge in [0, 0.05) is 4.47 Å². The zero-order valence-electron chi connectivity index (χ0n) is 10.2. The van der Waals surface area contributed by atoms with Crippen LogP contribution in [0.4, 0.5) is 11.5 Å². The van der Waals surface area contributed by atoms with Crippen molar-refractivity contribution < 1.29 is 9.53 Å². The number of rotatable bonds is 3. The van der Waals surface area contributed by atoms with E-state index in [0.717, 1.165) is 0 Å². The summed E-state index contributed by atoms with van der Waals surface area (Å²) in [5.74, 6) is 0.765. The summed E-state index contributed by atoms with van der Waals surface area (Å²) in [6.07, 6.45) is 1.50. The number of methoxy groups -OCH3 is 1. The van der Waals surface area contributed by atoms with E-state index in [9.17, 15) is 4.79 Å². The van der Waals surface area contributed by atoms with E-state index >= 15 is 0 Å². The Morgan fingerprint density at radius 3 is 2.79 bits per heavy atom. The van der Waals surface area contributed by atoms with E-state index in [1.54, 1.807) is 37.4 Å². The maximum Gasteiger partial charge on any atom is 0.256 e. The molecule has 1 aromatic carbocycles. The topological polar surface area (TPSA) is 77.2 Å². The van der Waals surface area contributed by atoms with Crippen LogP contribution in [0.1, 0.15) is 10.4 Å². The Hall–Kier alpha value is -2.08. The van der Waals surface area contributed by atoms with Crippen molar-refractivity contribution in [2.75, 3.05) is 18.2 Å². The Labute approximate surface area is 118 Å². The van der Waals surface area contributed by atoms with Gasteiger partial charge in [-0.25, -0.2) is 4.98 Å². The van der Waals surface area contributed by atoms with Gasteiger partial charge >= 0.3 is 0 Å². The second-order valence-electron chi connectivity index (χ2n) is 3.77. The Morgan fingerprint density at radius 2 is 2.16 bits per heavy atom. The van der Waals surface area contributed by atoms with Crippen LogP contribution >= 0.6 is 15.9 Å². The second-order valence-corrected chi connectivity index (χ2v) is 4.63. The van der Waals surface area contributed by atoms with Gasteiger partial charge in [0.05, 0.1) is 24.6 Å². The lowest BCUT2D eigenvalue weighted by Gasteiger charge is -2.08. The summed E-state index contributed by atoms with van der Waals surface area (Å²) < 4.78 is 5.79. The lowest BCUT2D eigenvalue weighted by atomic mass is 10.2. The van der Waals surface area contributed by atoms with Crippen molar-refractivity contribution in [1.82, 2.24) is 4.98 Å². The van der Waals surface area contributed by atoms with Crippen LogP contribution < -0.4 is 15.8 Å². The highest BCUT2D eigenvalue weighted by molar-refractivity contribution is 9.10. The fourth-order valence-electron chi connectivity index (χ4n) is 1.48. The molecule has 0 bridgehead atoms. The zero-order valence-corrected chi connectivity index (χ0v) is 11.8. The van der Waals surface area contributed by atoms with Gasteiger partial charge in [-0.1, -0.05) is 0 Å². The summed E-state index contributed by atoms with van der Waals surface area (Å²) in [5.41, 5.74) is 6.54. The SMILES string of the molecule is COc1ccc(Br)c(C(=O)Nc2ccc(N)nc2)c1. The minimum absolute atomic E-state index is 0.252. The Morgan fingerprint density at radius 1 is 1.37 bits per heavy atom. The summed E-state index contributed by atoms with van der Waals surface area (Å²) in [5, 5.41) is 2.74. The number of hydrogen-bond acceptors (Lipinski definition) is 4. The number of hydrogen-bond donors (Lipinski definition) is 2. The molecule has 0 spiro atoms. The highest BCUT2D eigenvalue weighted by Gasteiger charge is 2.11. The normalized spacial score (nSPS) is 10.0. The van der Waals surface area contributed by atoms with E-state index in [-0.39, 0.29) is 5.91 Å². The molecule has 0 atom stereocenters.